The van der Waals surface area contributed by atoms with E-state index in [1.54, 1.807) is 0 Å². The van der Waals surface area contributed by atoms with Crippen molar-refractivity contribution in [2.75, 3.05) is 0 Å². The molecule has 1 heterocycles. The van der Waals surface area contributed by atoms with Gasteiger partial charge in [0.2, 0.25) is 0 Å². The first kappa shape index (κ1) is 8.51. The zero-order valence-electron chi connectivity index (χ0n) is 7.12. The van der Waals surface area contributed by atoms with Crippen molar-refractivity contribution in [3.05, 3.63) is 40.8 Å². The van der Waals surface area contributed by atoms with Gasteiger partial charge in [-0.15, -0.1) is 0 Å². The second-order valence-electron chi connectivity index (χ2n) is 2.75. The molecule has 0 saturated carbocycles. The van der Waals surface area contributed by atoms with E-state index in [-0.39, 0.29) is 0 Å². The fourth-order valence-corrected chi connectivity index (χ4v) is 1.65. The Hall–Kier alpha value is -1.09. The van der Waals surface area contributed by atoms with Crippen LogP contribution in [0.4, 0.5) is 0 Å². The van der Waals surface area contributed by atoms with Gasteiger partial charge in [-0.1, -0.05) is 30.3 Å². The lowest BCUT2D eigenvalue weighted by molar-refractivity contribution is 0.542. The molecular weight excluding hydrogens is 230 g/mol. The molecule has 0 spiro atoms. The van der Waals surface area contributed by atoms with E-state index in [4.69, 9.17) is 4.42 Å². The van der Waals surface area contributed by atoms with Crippen molar-refractivity contribution in [1.29, 1.82) is 0 Å². The van der Waals surface area contributed by atoms with E-state index in [1.807, 2.05) is 37.3 Å². The lowest BCUT2D eigenvalue weighted by atomic mass is 10.1. The molecule has 0 unspecified atom stereocenters. The van der Waals surface area contributed by atoms with Crippen LogP contribution in [-0.4, -0.2) is 4.98 Å². The van der Waals surface area contributed by atoms with Crippen LogP contribution >= 0.6 is 15.9 Å². The Balaban J connectivity index is 2.53. The fraction of sp³-hybridized carbons (Fsp3) is 0.100. The number of benzene rings is 1. The highest BCUT2D eigenvalue weighted by molar-refractivity contribution is 9.10. The van der Waals surface area contributed by atoms with E-state index >= 15 is 0 Å². The number of hydrogen-bond acceptors (Lipinski definition) is 2. The topological polar surface area (TPSA) is 26.0 Å². The van der Waals surface area contributed by atoms with Crippen LogP contribution in [-0.2, 0) is 0 Å². The van der Waals surface area contributed by atoms with E-state index in [2.05, 4.69) is 20.9 Å². The van der Waals surface area contributed by atoms with Crippen molar-refractivity contribution in [1.82, 2.24) is 4.98 Å². The summed E-state index contributed by atoms with van der Waals surface area (Å²) in [5, 5.41) is 0. The molecule has 0 bridgehead atoms. The zero-order chi connectivity index (χ0) is 9.26. The molecule has 1 aromatic carbocycles. The quantitative estimate of drug-likeness (QED) is 0.760. The number of nitrogens with zero attached hydrogens (tertiary/aromatic N) is 1. The summed E-state index contributed by atoms with van der Waals surface area (Å²) in [4.78, 5) is 4.67. The molecule has 0 aliphatic carbocycles. The van der Waals surface area contributed by atoms with E-state index in [1.165, 1.54) is 0 Å². The third-order valence-corrected chi connectivity index (χ3v) is 2.15. The number of aromatic nitrogens is 1. The van der Waals surface area contributed by atoms with Crippen molar-refractivity contribution < 1.29 is 4.42 Å². The highest BCUT2D eigenvalue weighted by Crippen LogP contribution is 2.25. The van der Waals surface area contributed by atoms with Crippen LogP contribution < -0.4 is 0 Å². The van der Waals surface area contributed by atoms with Crippen LogP contribution in [0.25, 0.3) is 11.3 Å². The summed E-state index contributed by atoms with van der Waals surface area (Å²) in [6.45, 7) is 1.93. The SMILES string of the molecule is Cc1nc(Br)oc1-c1ccccc1. The second-order valence-corrected chi connectivity index (χ2v) is 3.43. The normalized spacial score (nSPS) is 10.3. The van der Waals surface area contributed by atoms with Gasteiger partial charge in [-0.25, -0.2) is 4.98 Å². The molecule has 0 amide bonds. The predicted octanol–water partition coefficient (Wildman–Crippen LogP) is 3.41. The first-order valence-electron chi connectivity index (χ1n) is 3.96. The van der Waals surface area contributed by atoms with Crippen molar-refractivity contribution in [3.8, 4) is 11.3 Å². The van der Waals surface area contributed by atoms with Gasteiger partial charge in [-0.2, -0.15) is 0 Å². The van der Waals surface area contributed by atoms with Gasteiger partial charge < -0.3 is 4.42 Å². The van der Waals surface area contributed by atoms with Crippen LogP contribution in [0.2, 0.25) is 0 Å². The second kappa shape index (κ2) is 3.34. The first-order valence-corrected chi connectivity index (χ1v) is 4.75. The maximum Gasteiger partial charge on any atom is 0.264 e. The summed E-state index contributed by atoms with van der Waals surface area (Å²) in [6, 6.07) is 9.93. The third kappa shape index (κ3) is 1.65. The summed E-state index contributed by atoms with van der Waals surface area (Å²) in [7, 11) is 0. The summed E-state index contributed by atoms with van der Waals surface area (Å²) >= 11 is 3.20. The van der Waals surface area contributed by atoms with Gasteiger partial charge in [0.25, 0.3) is 4.80 Å². The Morgan fingerprint density at radius 1 is 1.23 bits per heavy atom. The molecule has 2 aromatic rings. The van der Waals surface area contributed by atoms with Crippen molar-refractivity contribution in [2.45, 2.75) is 6.92 Å². The number of rotatable bonds is 1. The molecule has 66 valence electrons. The molecule has 1 aromatic heterocycles. The summed E-state index contributed by atoms with van der Waals surface area (Å²) in [6.07, 6.45) is 0. The first-order chi connectivity index (χ1) is 6.27. The minimum absolute atomic E-state index is 0.531. The monoisotopic (exact) mass is 237 g/mol. The summed E-state index contributed by atoms with van der Waals surface area (Å²) in [5.74, 6) is 0.826. The number of aryl methyl sites for hydroxylation is 1. The average molecular weight is 238 g/mol. The Labute approximate surface area is 84.7 Å². The standard InChI is InChI=1S/C10H8BrNO/c1-7-9(13-10(11)12-7)8-5-3-2-4-6-8/h2-6H,1H3. The Kier molecular flexibility index (Phi) is 2.19. The molecule has 3 heteroatoms. The molecule has 13 heavy (non-hydrogen) atoms. The molecule has 2 nitrogen and oxygen atoms in total. The molecule has 0 atom stereocenters. The largest absolute Gasteiger partial charge is 0.431 e. The van der Waals surface area contributed by atoms with E-state index in [0.717, 1.165) is 17.0 Å². The lowest BCUT2D eigenvalue weighted by Gasteiger charge is -1.95. The molecule has 0 aliphatic rings. The lowest BCUT2D eigenvalue weighted by Crippen LogP contribution is -1.76. The van der Waals surface area contributed by atoms with E-state index in [0.29, 0.717) is 4.80 Å². The van der Waals surface area contributed by atoms with Crippen LogP contribution in [0.3, 0.4) is 0 Å². The summed E-state index contributed by atoms with van der Waals surface area (Å²) in [5.41, 5.74) is 1.95. The molecule has 0 N–H and O–H groups in total. The predicted molar refractivity (Wildman–Crippen MR) is 54.4 cm³/mol. The van der Waals surface area contributed by atoms with Gasteiger partial charge in [0, 0.05) is 21.5 Å². The molecule has 0 fully saturated rings. The smallest absolute Gasteiger partial charge is 0.264 e. The minimum atomic E-state index is 0.531. The highest BCUT2D eigenvalue weighted by atomic mass is 79.9. The maximum atomic E-state index is 5.41. The van der Waals surface area contributed by atoms with Crippen LogP contribution in [0.15, 0.2) is 39.5 Å². The van der Waals surface area contributed by atoms with Crippen molar-refractivity contribution >= 4 is 15.9 Å². The average Bonchev–Trinajstić information content (AvgIpc) is 2.47. The van der Waals surface area contributed by atoms with Gasteiger partial charge in [-0.3, -0.25) is 0 Å². The maximum absolute atomic E-state index is 5.41. The van der Waals surface area contributed by atoms with Crippen LogP contribution in [0.5, 0.6) is 0 Å². The minimum Gasteiger partial charge on any atom is -0.431 e. The van der Waals surface area contributed by atoms with Crippen molar-refractivity contribution in [3.63, 3.8) is 0 Å². The van der Waals surface area contributed by atoms with Gasteiger partial charge in [0.1, 0.15) is 0 Å². The van der Waals surface area contributed by atoms with Crippen LogP contribution in [0.1, 0.15) is 5.69 Å². The van der Waals surface area contributed by atoms with Crippen LogP contribution in [0, 0.1) is 6.92 Å². The van der Waals surface area contributed by atoms with E-state index < -0.39 is 0 Å². The van der Waals surface area contributed by atoms with E-state index in [9.17, 15) is 0 Å². The number of hydrogen-bond donors (Lipinski definition) is 0. The molecule has 0 aliphatic heterocycles. The number of halogens is 1. The molecule has 0 saturated heterocycles. The zero-order valence-corrected chi connectivity index (χ0v) is 8.71. The van der Waals surface area contributed by atoms with Crippen molar-refractivity contribution in [2.24, 2.45) is 0 Å². The Bertz CT molecular complexity index is 408. The summed E-state index contributed by atoms with van der Waals surface area (Å²) < 4.78 is 5.41. The number of oxazole rings is 1. The molecule has 0 radical (unpaired) electrons. The van der Waals surface area contributed by atoms with Gasteiger partial charge in [-0.05, 0) is 6.92 Å². The highest BCUT2D eigenvalue weighted by Gasteiger charge is 2.08. The van der Waals surface area contributed by atoms with Gasteiger partial charge in [0.05, 0.1) is 5.69 Å². The van der Waals surface area contributed by atoms with Gasteiger partial charge in [0.15, 0.2) is 5.76 Å². The Morgan fingerprint density at radius 3 is 2.46 bits per heavy atom. The third-order valence-electron chi connectivity index (χ3n) is 1.81. The fourth-order valence-electron chi connectivity index (χ4n) is 1.22. The molecule has 2 rings (SSSR count). The van der Waals surface area contributed by atoms with Gasteiger partial charge >= 0.3 is 0 Å². The Morgan fingerprint density at radius 2 is 1.92 bits per heavy atom. The molecular formula is C10H8BrNO.